The number of hydrazone groups is 1. The first kappa shape index (κ1) is 15.0. The molecule has 1 aliphatic rings. The van der Waals surface area contributed by atoms with Crippen molar-refractivity contribution < 1.29 is 0 Å². The fourth-order valence-corrected chi connectivity index (χ4v) is 2.56. The van der Waals surface area contributed by atoms with Crippen LogP contribution in [0.5, 0.6) is 0 Å². The predicted molar refractivity (Wildman–Crippen MR) is 89.3 cm³/mol. The lowest BCUT2D eigenvalue weighted by Gasteiger charge is -2.08. The normalized spacial score (nSPS) is 14.0. The standard InChI is InChI=1S/C16H23N3S/c1-3-4-10-17-16(20)19-18-12(2)14-9-8-13-6-5-7-15(13)11-14/h8-9,11H,3-7,10H2,1-2H3,(H2,17,19,20)/b18-12-. The number of hydrogen-bond acceptors (Lipinski definition) is 2. The Balaban J connectivity index is 1.91. The van der Waals surface area contributed by atoms with Crippen LogP contribution in [0, 0.1) is 0 Å². The zero-order valence-electron chi connectivity index (χ0n) is 12.3. The number of aryl methyl sites for hydroxylation is 2. The van der Waals surface area contributed by atoms with Gasteiger partial charge in [-0.2, -0.15) is 5.10 Å². The number of thiocarbonyl (C=S) groups is 1. The third kappa shape index (κ3) is 4.04. The molecule has 1 aromatic rings. The number of fused-ring (bicyclic) bond motifs is 1. The van der Waals surface area contributed by atoms with Crippen molar-refractivity contribution in [2.75, 3.05) is 6.54 Å². The monoisotopic (exact) mass is 289 g/mol. The van der Waals surface area contributed by atoms with Gasteiger partial charge >= 0.3 is 0 Å². The average Bonchev–Trinajstić information content (AvgIpc) is 2.92. The van der Waals surface area contributed by atoms with Crippen LogP contribution in [0.15, 0.2) is 23.3 Å². The molecule has 0 aliphatic heterocycles. The second-order valence-corrected chi connectivity index (χ2v) is 5.66. The number of nitrogens with one attached hydrogen (secondary N) is 2. The van der Waals surface area contributed by atoms with E-state index in [2.05, 4.69) is 41.0 Å². The van der Waals surface area contributed by atoms with Crippen molar-refractivity contribution >= 4 is 23.0 Å². The summed E-state index contributed by atoms with van der Waals surface area (Å²) >= 11 is 5.19. The Kier molecular flexibility index (Phi) is 5.53. The maximum Gasteiger partial charge on any atom is 0.186 e. The van der Waals surface area contributed by atoms with E-state index in [1.807, 2.05) is 6.92 Å². The molecule has 2 rings (SSSR count). The largest absolute Gasteiger partial charge is 0.361 e. The SMILES string of the molecule is CCCCNC(=S)N/N=C(/C)c1ccc2c(c1)CCC2. The van der Waals surface area contributed by atoms with Crippen molar-refractivity contribution in [2.45, 2.75) is 46.0 Å². The Morgan fingerprint density at radius 2 is 2.10 bits per heavy atom. The average molecular weight is 289 g/mol. The van der Waals surface area contributed by atoms with Gasteiger partial charge in [-0.3, -0.25) is 5.43 Å². The van der Waals surface area contributed by atoms with Crippen LogP contribution < -0.4 is 10.7 Å². The highest BCUT2D eigenvalue weighted by Crippen LogP contribution is 2.22. The number of unbranched alkanes of at least 4 members (excludes halogenated alkanes) is 1. The maximum atomic E-state index is 5.19. The van der Waals surface area contributed by atoms with Crippen LogP contribution in [0.3, 0.4) is 0 Å². The van der Waals surface area contributed by atoms with Crippen LogP contribution in [0.1, 0.15) is 49.8 Å². The van der Waals surface area contributed by atoms with Gasteiger partial charge in [0.25, 0.3) is 0 Å². The first-order valence-electron chi connectivity index (χ1n) is 7.41. The molecule has 0 saturated heterocycles. The van der Waals surface area contributed by atoms with Gasteiger partial charge < -0.3 is 5.32 Å². The summed E-state index contributed by atoms with van der Waals surface area (Å²) in [6, 6.07) is 6.64. The maximum absolute atomic E-state index is 5.19. The Morgan fingerprint density at radius 3 is 2.90 bits per heavy atom. The van der Waals surface area contributed by atoms with E-state index in [0.717, 1.165) is 25.1 Å². The second-order valence-electron chi connectivity index (χ2n) is 5.26. The summed E-state index contributed by atoms with van der Waals surface area (Å²) in [5, 5.41) is 8.10. The summed E-state index contributed by atoms with van der Waals surface area (Å²) in [4.78, 5) is 0. The van der Waals surface area contributed by atoms with E-state index >= 15 is 0 Å². The van der Waals surface area contributed by atoms with Crippen molar-refractivity contribution in [3.63, 3.8) is 0 Å². The second kappa shape index (κ2) is 7.39. The smallest absolute Gasteiger partial charge is 0.186 e. The Labute approximate surface area is 126 Å². The molecule has 0 bridgehead atoms. The van der Waals surface area contributed by atoms with Crippen molar-refractivity contribution in [3.05, 3.63) is 34.9 Å². The molecule has 20 heavy (non-hydrogen) atoms. The molecule has 0 spiro atoms. The molecule has 3 nitrogen and oxygen atoms in total. The van der Waals surface area contributed by atoms with E-state index in [1.165, 1.54) is 36.0 Å². The molecule has 0 atom stereocenters. The fourth-order valence-electron chi connectivity index (χ4n) is 2.41. The van der Waals surface area contributed by atoms with Gasteiger partial charge in [-0.1, -0.05) is 25.5 Å². The quantitative estimate of drug-likeness (QED) is 0.378. The van der Waals surface area contributed by atoms with Crippen LogP contribution in [0.25, 0.3) is 0 Å². The lowest BCUT2D eigenvalue weighted by Crippen LogP contribution is -2.33. The van der Waals surface area contributed by atoms with Gasteiger partial charge in [0.15, 0.2) is 5.11 Å². The van der Waals surface area contributed by atoms with E-state index in [1.54, 1.807) is 0 Å². The highest BCUT2D eigenvalue weighted by Gasteiger charge is 2.11. The summed E-state index contributed by atoms with van der Waals surface area (Å²) < 4.78 is 0. The van der Waals surface area contributed by atoms with Crippen LogP contribution in [-0.4, -0.2) is 17.4 Å². The minimum atomic E-state index is 0.596. The molecule has 4 heteroatoms. The summed E-state index contributed by atoms with van der Waals surface area (Å²) in [6.07, 6.45) is 5.97. The Hall–Kier alpha value is -1.42. The van der Waals surface area contributed by atoms with Gasteiger partial charge in [0.05, 0.1) is 5.71 Å². The number of rotatable bonds is 5. The Morgan fingerprint density at radius 1 is 1.30 bits per heavy atom. The molecule has 2 N–H and O–H groups in total. The fraction of sp³-hybridized carbons (Fsp3) is 0.500. The van der Waals surface area contributed by atoms with Gasteiger partial charge in [0, 0.05) is 6.54 Å². The summed E-state index contributed by atoms with van der Waals surface area (Å²) in [6.45, 7) is 5.07. The van der Waals surface area contributed by atoms with Crippen LogP contribution in [-0.2, 0) is 12.8 Å². The van der Waals surface area contributed by atoms with Gasteiger partial charge in [-0.25, -0.2) is 0 Å². The van der Waals surface area contributed by atoms with Crippen molar-refractivity contribution in [1.82, 2.24) is 10.7 Å². The zero-order valence-corrected chi connectivity index (χ0v) is 13.1. The lowest BCUT2D eigenvalue weighted by molar-refractivity contribution is 0.745. The molecule has 0 saturated carbocycles. The molecule has 0 aromatic heterocycles. The molecule has 0 amide bonds. The topological polar surface area (TPSA) is 36.4 Å². The molecule has 0 heterocycles. The van der Waals surface area contributed by atoms with Crippen molar-refractivity contribution in [3.8, 4) is 0 Å². The molecule has 0 unspecified atom stereocenters. The molecule has 108 valence electrons. The van der Waals surface area contributed by atoms with Crippen LogP contribution in [0.2, 0.25) is 0 Å². The highest BCUT2D eigenvalue weighted by molar-refractivity contribution is 7.80. The first-order chi connectivity index (χ1) is 9.70. The number of nitrogens with zero attached hydrogens (tertiary/aromatic N) is 1. The van der Waals surface area contributed by atoms with Gasteiger partial charge in [0.2, 0.25) is 0 Å². The molecular weight excluding hydrogens is 266 g/mol. The minimum Gasteiger partial charge on any atom is -0.361 e. The third-order valence-electron chi connectivity index (χ3n) is 3.66. The highest BCUT2D eigenvalue weighted by atomic mass is 32.1. The summed E-state index contributed by atoms with van der Waals surface area (Å²) in [7, 11) is 0. The van der Waals surface area contributed by atoms with E-state index < -0.39 is 0 Å². The van der Waals surface area contributed by atoms with Gasteiger partial charge in [-0.15, -0.1) is 0 Å². The van der Waals surface area contributed by atoms with Crippen molar-refractivity contribution in [1.29, 1.82) is 0 Å². The van der Waals surface area contributed by atoms with Gasteiger partial charge in [0.1, 0.15) is 0 Å². The lowest BCUT2D eigenvalue weighted by atomic mass is 10.0. The Bertz CT molecular complexity index is 508. The van der Waals surface area contributed by atoms with E-state index in [4.69, 9.17) is 12.2 Å². The molecule has 0 radical (unpaired) electrons. The molecule has 0 fully saturated rings. The zero-order chi connectivity index (χ0) is 14.4. The van der Waals surface area contributed by atoms with Gasteiger partial charge in [-0.05, 0) is 67.6 Å². The van der Waals surface area contributed by atoms with Crippen LogP contribution in [0.4, 0.5) is 0 Å². The van der Waals surface area contributed by atoms with E-state index in [9.17, 15) is 0 Å². The number of benzene rings is 1. The third-order valence-corrected chi connectivity index (χ3v) is 3.89. The summed E-state index contributed by atoms with van der Waals surface area (Å²) in [5.41, 5.74) is 8.03. The van der Waals surface area contributed by atoms with Crippen LogP contribution >= 0.6 is 12.2 Å². The van der Waals surface area contributed by atoms with E-state index in [-0.39, 0.29) is 0 Å². The summed E-state index contributed by atoms with van der Waals surface area (Å²) in [5.74, 6) is 0. The van der Waals surface area contributed by atoms with E-state index in [0.29, 0.717) is 5.11 Å². The van der Waals surface area contributed by atoms with Crippen molar-refractivity contribution in [2.24, 2.45) is 5.10 Å². The first-order valence-corrected chi connectivity index (χ1v) is 7.82. The predicted octanol–water partition coefficient (Wildman–Crippen LogP) is 3.16. The minimum absolute atomic E-state index is 0.596. The molecule has 1 aromatic carbocycles. The number of hydrogen-bond donors (Lipinski definition) is 2. The molecule has 1 aliphatic carbocycles. The molecular formula is C16H23N3S.